The third-order valence-corrected chi connectivity index (χ3v) is 6.37. The molecule has 1 aliphatic rings. The van der Waals surface area contributed by atoms with Crippen molar-refractivity contribution in [2.45, 2.75) is 40.0 Å². The maximum Gasteiger partial charge on any atom is 0.339 e. The first kappa shape index (κ1) is 23.4. The number of fused-ring (bicyclic) bond motifs is 2. The van der Waals surface area contributed by atoms with Crippen LogP contribution in [0.1, 0.15) is 46.1 Å². The zero-order valence-corrected chi connectivity index (χ0v) is 19.7. The molecule has 34 heavy (non-hydrogen) atoms. The Morgan fingerprint density at radius 1 is 1.06 bits per heavy atom. The highest BCUT2D eigenvalue weighted by atomic mass is 16.5. The first-order valence-corrected chi connectivity index (χ1v) is 11.5. The van der Waals surface area contributed by atoms with Gasteiger partial charge in [0.2, 0.25) is 5.91 Å². The Morgan fingerprint density at radius 3 is 2.68 bits per heavy atom. The van der Waals surface area contributed by atoms with Crippen LogP contribution in [-0.2, 0) is 27.2 Å². The van der Waals surface area contributed by atoms with Crippen LogP contribution < -0.4 is 10.6 Å². The summed E-state index contributed by atoms with van der Waals surface area (Å²) in [5.74, 6) is -0.985. The van der Waals surface area contributed by atoms with Crippen molar-refractivity contribution in [2.24, 2.45) is 5.92 Å². The van der Waals surface area contributed by atoms with Gasteiger partial charge in [-0.15, -0.1) is 0 Å². The molecule has 4 rings (SSSR count). The molecule has 1 atom stereocenters. The maximum atomic E-state index is 13.1. The molecule has 1 aromatic heterocycles. The number of amides is 2. The molecular formula is C27H29N3O4. The van der Waals surface area contributed by atoms with Crippen LogP contribution >= 0.6 is 0 Å². The standard InChI is InChI=1S/C27H29N3O4/c1-16-11-12-23-20(13-16)26(19-8-4-5-9-22(19)29-23)27(33)34-15-25(32)28-14-24(31)30-21-10-6-7-17(2)18(21)3/h4-10,16H,11-15H2,1-3H3,(H,28,32)(H,30,31). The lowest BCUT2D eigenvalue weighted by molar-refractivity contribution is -0.126. The van der Waals surface area contributed by atoms with Crippen molar-refractivity contribution in [1.82, 2.24) is 10.3 Å². The molecule has 0 saturated carbocycles. The van der Waals surface area contributed by atoms with Gasteiger partial charge >= 0.3 is 5.97 Å². The van der Waals surface area contributed by atoms with E-state index >= 15 is 0 Å². The molecule has 7 nitrogen and oxygen atoms in total. The predicted molar refractivity (Wildman–Crippen MR) is 131 cm³/mol. The van der Waals surface area contributed by atoms with Crippen molar-refractivity contribution in [3.8, 4) is 0 Å². The van der Waals surface area contributed by atoms with Crippen molar-refractivity contribution in [3.63, 3.8) is 0 Å². The summed E-state index contributed by atoms with van der Waals surface area (Å²) in [6, 6.07) is 13.1. The van der Waals surface area contributed by atoms with Gasteiger partial charge in [0.25, 0.3) is 5.91 Å². The second-order valence-electron chi connectivity index (χ2n) is 8.93. The van der Waals surface area contributed by atoms with Crippen LogP contribution in [0, 0.1) is 19.8 Å². The molecule has 2 amide bonds. The van der Waals surface area contributed by atoms with E-state index in [1.165, 1.54) is 0 Å². The van der Waals surface area contributed by atoms with Crippen molar-refractivity contribution < 1.29 is 19.1 Å². The van der Waals surface area contributed by atoms with Crippen LogP contribution in [0.25, 0.3) is 10.9 Å². The highest BCUT2D eigenvalue weighted by Gasteiger charge is 2.26. The average Bonchev–Trinajstić information content (AvgIpc) is 2.82. The van der Waals surface area contributed by atoms with Crippen molar-refractivity contribution in [1.29, 1.82) is 0 Å². The molecule has 176 valence electrons. The zero-order valence-electron chi connectivity index (χ0n) is 19.7. The number of rotatable bonds is 6. The third-order valence-electron chi connectivity index (χ3n) is 6.37. The number of carbonyl (C=O) groups is 3. The number of ether oxygens (including phenoxy) is 1. The summed E-state index contributed by atoms with van der Waals surface area (Å²) in [6.45, 7) is 5.37. The summed E-state index contributed by atoms with van der Waals surface area (Å²) in [5, 5.41) is 6.03. The highest BCUT2D eigenvalue weighted by molar-refractivity contribution is 6.05. The minimum absolute atomic E-state index is 0.213. The lowest BCUT2D eigenvalue weighted by Gasteiger charge is -2.24. The Labute approximate surface area is 198 Å². The van der Waals surface area contributed by atoms with E-state index in [-0.39, 0.29) is 12.5 Å². The normalized spacial score (nSPS) is 14.9. The Kier molecular flexibility index (Phi) is 6.91. The highest BCUT2D eigenvalue weighted by Crippen LogP contribution is 2.32. The number of carbonyl (C=O) groups excluding carboxylic acids is 3. The molecule has 2 aromatic carbocycles. The van der Waals surface area contributed by atoms with E-state index in [1.54, 1.807) is 0 Å². The van der Waals surface area contributed by atoms with Crippen LogP contribution in [0.5, 0.6) is 0 Å². The Morgan fingerprint density at radius 2 is 1.85 bits per heavy atom. The maximum absolute atomic E-state index is 13.1. The van der Waals surface area contributed by atoms with Crippen LogP contribution in [0.2, 0.25) is 0 Å². The minimum atomic E-state index is -0.543. The fourth-order valence-corrected chi connectivity index (χ4v) is 4.31. The number of aryl methyl sites for hydroxylation is 2. The second kappa shape index (κ2) is 10.0. The smallest absolute Gasteiger partial charge is 0.339 e. The van der Waals surface area contributed by atoms with E-state index in [0.717, 1.165) is 52.5 Å². The molecule has 2 N–H and O–H groups in total. The van der Waals surface area contributed by atoms with E-state index in [1.807, 2.05) is 56.3 Å². The van der Waals surface area contributed by atoms with Crippen molar-refractivity contribution >= 4 is 34.4 Å². The number of pyridine rings is 1. The molecule has 1 aliphatic carbocycles. The van der Waals surface area contributed by atoms with Gasteiger partial charge in [0, 0.05) is 16.8 Å². The van der Waals surface area contributed by atoms with Gasteiger partial charge in [0.15, 0.2) is 6.61 Å². The summed E-state index contributed by atoms with van der Waals surface area (Å²) in [5.41, 5.74) is 5.82. The summed E-state index contributed by atoms with van der Waals surface area (Å²) in [6.07, 6.45) is 2.60. The van der Waals surface area contributed by atoms with Gasteiger partial charge in [-0.2, -0.15) is 0 Å². The Bertz CT molecular complexity index is 1270. The molecule has 0 saturated heterocycles. The number of benzene rings is 2. The number of para-hydroxylation sites is 1. The van der Waals surface area contributed by atoms with Crippen LogP contribution in [0.15, 0.2) is 42.5 Å². The fourth-order valence-electron chi connectivity index (χ4n) is 4.31. The zero-order chi connectivity index (χ0) is 24.2. The number of nitrogens with zero attached hydrogens (tertiary/aromatic N) is 1. The number of hydrogen-bond donors (Lipinski definition) is 2. The summed E-state index contributed by atoms with van der Waals surface area (Å²) >= 11 is 0. The predicted octanol–water partition coefficient (Wildman–Crippen LogP) is 3.89. The number of hydrogen-bond acceptors (Lipinski definition) is 5. The molecule has 0 bridgehead atoms. The quantitative estimate of drug-likeness (QED) is 0.545. The van der Waals surface area contributed by atoms with Gasteiger partial charge < -0.3 is 15.4 Å². The van der Waals surface area contributed by atoms with Crippen LogP contribution in [0.4, 0.5) is 5.69 Å². The number of nitrogens with one attached hydrogen (secondary N) is 2. The first-order valence-electron chi connectivity index (χ1n) is 11.5. The number of aromatic nitrogens is 1. The van der Waals surface area contributed by atoms with E-state index in [9.17, 15) is 14.4 Å². The fraction of sp³-hybridized carbons (Fsp3) is 0.333. The van der Waals surface area contributed by atoms with Crippen LogP contribution in [0.3, 0.4) is 0 Å². The van der Waals surface area contributed by atoms with Gasteiger partial charge in [-0.05, 0) is 67.9 Å². The van der Waals surface area contributed by atoms with E-state index in [4.69, 9.17) is 9.72 Å². The average molecular weight is 460 g/mol. The molecule has 0 aliphatic heterocycles. The van der Waals surface area contributed by atoms with Crippen molar-refractivity contribution in [3.05, 3.63) is 70.4 Å². The molecule has 1 unspecified atom stereocenters. The summed E-state index contributed by atoms with van der Waals surface area (Å²) < 4.78 is 5.37. The van der Waals surface area contributed by atoms with Crippen LogP contribution in [-0.4, -0.2) is 35.9 Å². The van der Waals surface area contributed by atoms with Gasteiger partial charge in [0.1, 0.15) is 0 Å². The number of esters is 1. The second-order valence-corrected chi connectivity index (χ2v) is 8.93. The number of anilines is 1. The molecule has 3 aromatic rings. The molecule has 7 heteroatoms. The van der Waals surface area contributed by atoms with E-state index < -0.39 is 18.5 Å². The lowest BCUT2D eigenvalue weighted by Crippen LogP contribution is -2.35. The minimum Gasteiger partial charge on any atom is -0.452 e. The lowest BCUT2D eigenvalue weighted by atomic mass is 9.84. The summed E-state index contributed by atoms with van der Waals surface area (Å²) in [7, 11) is 0. The SMILES string of the molecule is Cc1cccc(NC(=O)CNC(=O)COC(=O)c2c3c(nc4ccccc24)CCC(C)C3)c1C. The molecule has 0 fully saturated rings. The van der Waals surface area contributed by atoms with Gasteiger partial charge in [-0.3, -0.25) is 14.6 Å². The molecule has 1 heterocycles. The monoisotopic (exact) mass is 459 g/mol. The third kappa shape index (κ3) is 5.09. The molecular weight excluding hydrogens is 430 g/mol. The molecule has 0 radical (unpaired) electrons. The van der Waals surface area contributed by atoms with E-state index in [0.29, 0.717) is 17.2 Å². The van der Waals surface area contributed by atoms with E-state index in [2.05, 4.69) is 17.6 Å². The largest absolute Gasteiger partial charge is 0.452 e. The summed E-state index contributed by atoms with van der Waals surface area (Å²) in [4.78, 5) is 42.4. The molecule has 0 spiro atoms. The topological polar surface area (TPSA) is 97.4 Å². The van der Waals surface area contributed by atoms with Crippen molar-refractivity contribution in [2.75, 3.05) is 18.5 Å². The van der Waals surface area contributed by atoms with Gasteiger partial charge in [0.05, 0.1) is 17.6 Å². The van der Waals surface area contributed by atoms with Gasteiger partial charge in [-0.25, -0.2) is 4.79 Å². The Hall–Kier alpha value is -3.74. The van der Waals surface area contributed by atoms with Gasteiger partial charge in [-0.1, -0.05) is 37.3 Å². The Balaban J connectivity index is 1.39. The first-order chi connectivity index (χ1) is 16.3.